The second kappa shape index (κ2) is 2550. The summed E-state index contributed by atoms with van der Waals surface area (Å²) in [6.07, 6.45) is 32.0. The van der Waals surface area contributed by atoms with Crippen LogP contribution in [0.3, 0.4) is 0 Å². The molecule has 0 aliphatic carbocycles. The summed E-state index contributed by atoms with van der Waals surface area (Å²) in [5.41, 5.74) is 0. The first-order valence-corrected chi connectivity index (χ1v) is 1.33. The van der Waals surface area contributed by atoms with E-state index < -0.39 is 0 Å². The third-order valence-corrected chi connectivity index (χ3v) is 0. The lowest BCUT2D eigenvalue weighted by molar-refractivity contribution is -0.00100. The summed E-state index contributed by atoms with van der Waals surface area (Å²) in [6.45, 7) is 0. The van der Waals surface area contributed by atoms with Crippen molar-refractivity contribution in [3.8, 4) is 51.4 Å². The lowest BCUT2D eigenvalue weighted by Crippen LogP contribution is -3.00. The Morgan fingerprint density at radius 2 is 0.250 bits per heavy atom. The van der Waals surface area contributed by atoms with Crippen molar-refractivity contribution in [3.05, 3.63) is 0 Å². The van der Waals surface area contributed by atoms with Crippen LogP contribution in [0.2, 0.25) is 0 Å². The van der Waals surface area contributed by atoms with Crippen molar-refractivity contribution < 1.29 is 49.6 Å². The Bertz CT molecular complexity index is 54.0. The molecular weight excluding hydrogens is 238 g/mol. The van der Waals surface area contributed by atoms with Gasteiger partial charge in [0.15, 0.2) is 0 Å². The normalized spacial score (nSPS) is 0.667. The van der Waals surface area contributed by atoms with Crippen LogP contribution >= 0.6 is 0 Å². The first kappa shape index (κ1) is 107. The van der Waals surface area contributed by atoms with E-state index in [0.717, 1.165) is 0 Å². The summed E-state index contributed by atoms with van der Waals surface area (Å²) in [5, 5.41) is 0. The molecule has 72 valence electrons. The fraction of sp³-hybridized carbons (Fsp3) is 0. The molecule has 0 unspecified atom stereocenters. The van der Waals surface area contributed by atoms with Gasteiger partial charge in [0, 0.05) is 0 Å². The highest BCUT2D eigenvalue weighted by Crippen LogP contribution is 0.585. The van der Waals surface area contributed by atoms with Crippen LogP contribution in [0.25, 0.3) is 0 Å². The standard InChI is InChI=1S/4C2H2.4ClH/c4*1-2;;;;/h4*1-2H;4*1H/p-4. The van der Waals surface area contributed by atoms with E-state index in [1.807, 2.05) is 0 Å². The molecule has 0 aliphatic rings. The average Bonchev–Trinajstić information content (AvgIpc) is 2.03. The number of hydrogen-bond donors (Lipinski definition) is 0. The number of terminal acetylenes is 4. The molecule has 0 atom stereocenters. The molecule has 0 aromatic rings. The summed E-state index contributed by atoms with van der Waals surface area (Å²) in [5.74, 6) is 0. The van der Waals surface area contributed by atoms with Crippen LogP contribution in [0, 0.1) is 51.4 Å². The molecule has 0 N–H and O–H groups in total. The van der Waals surface area contributed by atoms with Crippen LogP contribution < -0.4 is 49.6 Å². The minimum Gasteiger partial charge on any atom is -1.00 e. The van der Waals surface area contributed by atoms with Gasteiger partial charge in [-0.05, 0) is 0 Å². The summed E-state index contributed by atoms with van der Waals surface area (Å²) in [4.78, 5) is 0. The Kier molecular flexibility index (Phi) is 22700. The van der Waals surface area contributed by atoms with Crippen LogP contribution in [0.5, 0.6) is 0 Å². The van der Waals surface area contributed by atoms with E-state index in [1.165, 1.54) is 0 Å². The smallest absolute Gasteiger partial charge is 0.124 e. The molecule has 0 heterocycles. The van der Waals surface area contributed by atoms with Gasteiger partial charge in [-0.25, -0.2) is 0 Å². The average molecular weight is 246 g/mol. The minimum absolute atomic E-state index is 0. The molecule has 0 saturated heterocycles. The summed E-state index contributed by atoms with van der Waals surface area (Å²) in [7, 11) is 0. The van der Waals surface area contributed by atoms with E-state index in [0.29, 0.717) is 0 Å². The Hall–Kier alpha value is -0.600. The molecular formula is C8H8Cl4-4. The van der Waals surface area contributed by atoms with Crippen molar-refractivity contribution in [2.75, 3.05) is 0 Å². The van der Waals surface area contributed by atoms with Gasteiger partial charge in [-0.15, -0.1) is 51.4 Å². The maximum atomic E-state index is 4.00. The number of rotatable bonds is 0. The first-order valence-electron chi connectivity index (χ1n) is 1.33. The van der Waals surface area contributed by atoms with Gasteiger partial charge in [-0.3, -0.25) is 0 Å². The van der Waals surface area contributed by atoms with Gasteiger partial charge in [0.2, 0.25) is 0 Å². The SMILES string of the molecule is C#C.C#C.C#C.C#C.[Cl-].[Cl-].[Cl-].[Cl-]. The van der Waals surface area contributed by atoms with Crippen molar-refractivity contribution in [1.29, 1.82) is 0 Å². The zero-order chi connectivity index (χ0) is 8.00. The highest BCUT2D eigenvalue weighted by Gasteiger charge is 0.460. The third kappa shape index (κ3) is 1840. The maximum Gasteiger partial charge on any atom is -0.124 e. The van der Waals surface area contributed by atoms with E-state index in [2.05, 4.69) is 51.4 Å². The second-order valence-electron chi connectivity index (χ2n) is 0. The topological polar surface area (TPSA) is 0 Å². The quantitative estimate of drug-likeness (QED) is 0.372. The molecule has 0 bridgehead atoms. The van der Waals surface area contributed by atoms with Crippen LogP contribution in [0.15, 0.2) is 0 Å². The van der Waals surface area contributed by atoms with E-state index in [9.17, 15) is 0 Å². The predicted octanol–water partition coefficient (Wildman–Crippen LogP) is -11.0. The molecule has 0 aromatic carbocycles. The van der Waals surface area contributed by atoms with Crippen molar-refractivity contribution in [2.45, 2.75) is 0 Å². The Labute approximate surface area is 101 Å². The highest BCUT2D eigenvalue weighted by atomic mass is 35.5. The van der Waals surface area contributed by atoms with Gasteiger partial charge in [0.1, 0.15) is 0 Å². The summed E-state index contributed by atoms with van der Waals surface area (Å²) < 4.78 is 0. The Morgan fingerprint density at radius 3 is 0.250 bits per heavy atom. The number of hydrogen-bond acceptors (Lipinski definition) is 0. The molecule has 0 spiro atoms. The molecule has 0 aliphatic heterocycles. The fourth-order valence-electron chi connectivity index (χ4n) is 0. The van der Waals surface area contributed by atoms with Crippen molar-refractivity contribution in [3.63, 3.8) is 0 Å². The molecule has 0 aromatic heterocycles. The van der Waals surface area contributed by atoms with Gasteiger partial charge < -0.3 is 49.6 Å². The van der Waals surface area contributed by atoms with Crippen molar-refractivity contribution >= 4 is 0 Å². The minimum atomic E-state index is 0. The lowest BCUT2D eigenvalue weighted by Gasteiger charge is -1.00. The molecule has 0 amide bonds. The van der Waals surface area contributed by atoms with E-state index >= 15 is 0 Å². The van der Waals surface area contributed by atoms with Gasteiger partial charge in [0.25, 0.3) is 0 Å². The monoisotopic (exact) mass is 244 g/mol. The zero-order valence-corrected chi connectivity index (χ0v) is 9.15. The summed E-state index contributed by atoms with van der Waals surface area (Å²) in [6, 6.07) is 0. The second-order valence-corrected chi connectivity index (χ2v) is 0. The van der Waals surface area contributed by atoms with Crippen molar-refractivity contribution in [2.24, 2.45) is 0 Å². The molecule has 12 heavy (non-hydrogen) atoms. The first-order chi connectivity index (χ1) is 4.00. The van der Waals surface area contributed by atoms with E-state index in [-0.39, 0.29) is 49.6 Å². The Balaban J connectivity index is -0.00000000267. The molecule has 0 saturated carbocycles. The van der Waals surface area contributed by atoms with Gasteiger partial charge in [0.05, 0.1) is 0 Å². The van der Waals surface area contributed by atoms with Gasteiger partial charge >= 0.3 is 0 Å². The van der Waals surface area contributed by atoms with Gasteiger partial charge in [-0.1, -0.05) is 0 Å². The molecule has 0 fully saturated rings. The molecule has 0 radical (unpaired) electrons. The Morgan fingerprint density at radius 1 is 0.250 bits per heavy atom. The molecule has 4 heteroatoms. The lowest BCUT2D eigenvalue weighted by atomic mass is 11.4. The van der Waals surface area contributed by atoms with Crippen LogP contribution in [-0.2, 0) is 0 Å². The predicted molar refractivity (Wildman–Crippen MR) is 39.6 cm³/mol. The van der Waals surface area contributed by atoms with Crippen LogP contribution in [0.1, 0.15) is 0 Å². The molecule has 0 rings (SSSR count). The molecule has 0 nitrogen and oxygen atoms in total. The van der Waals surface area contributed by atoms with Gasteiger partial charge in [-0.2, -0.15) is 0 Å². The van der Waals surface area contributed by atoms with E-state index in [4.69, 9.17) is 0 Å². The van der Waals surface area contributed by atoms with Crippen LogP contribution in [0.4, 0.5) is 0 Å². The highest BCUT2D eigenvalue weighted by molar-refractivity contribution is 4.47. The maximum absolute atomic E-state index is 4.00. The van der Waals surface area contributed by atoms with E-state index in [1.54, 1.807) is 0 Å². The third-order valence-electron chi connectivity index (χ3n) is 0. The summed E-state index contributed by atoms with van der Waals surface area (Å²) >= 11 is 0. The fourth-order valence-corrected chi connectivity index (χ4v) is 0. The van der Waals surface area contributed by atoms with Crippen molar-refractivity contribution in [1.82, 2.24) is 0 Å². The zero-order valence-electron chi connectivity index (χ0n) is 6.13. The van der Waals surface area contributed by atoms with Crippen LogP contribution in [-0.4, -0.2) is 0 Å². The number of halogens is 4. The largest absolute Gasteiger partial charge is 1.00 e.